The average molecular weight is 400 g/mol. The highest BCUT2D eigenvalue weighted by atomic mass is 19.1. The third-order valence-electron chi connectivity index (χ3n) is 6.25. The first kappa shape index (κ1) is 20.0. The summed E-state index contributed by atoms with van der Waals surface area (Å²) in [6.45, 7) is 1.88. The number of hydrogen-bond acceptors (Lipinski definition) is 5. The van der Waals surface area contributed by atoms with Gasteiger partial charge in [0.25, 0.3) is 0 Å². The number of halogens is 1. The minimum Gasteiger partial charge on any atom is -0.494 e. The number of benzene rings is 2. The summed E-state index contributed by atoms with van der Waals surface area (Å²) in [5.74, 6) is 1.49. The second kappa shape index (κ2) is 8.59. The fraction of sp³-hybridized carbons (Fsp3) is 0.478. The van der Waals surface area contributed by atoms with Crippen molar-refractivity contribution < 1.29 is 18.6 Å². The monoisotopic (exact) mass is 400 g/mol. The van der Waals surface area contributed by atoms with Gasteiger partial charge in [-0.15, -0.1) is 0 Å². The number of methoxy groups -OCH3 is 3. The second-order valence-electron chi connectivity index (χ2n) is 7.69. The third-order valence-corrected chi connectivity index (χ3v) is 6.25. The summed E-state index contributed by atoms with van der Waals surface area (Å²) in [6, 6.07) is 12.3. The van der Waals surface area contributed by atoms with E-state index in [9.17, 15) is 4.39 Å². The Morgan fingerprint density at radius 2 is 1.62 bits per heavy atom. The van der Waals surface area contributed by atoms with Crippen molar-refractivity contribution in [3.63, 3.8) is 0 Å². The molecule has 2 aliphatic heterocycles. The largest absolute Gasteiger partial charge is 0.494 e. The second-order valence-corrected chi connectivity index (χ2v) is 7.69. The Kier molecular flexibility index (Phi) is 5.92. The van der Waals surface area contributed by atoms with Crippen LogP contribution in [0.5, 0.6) is 17.2 Å². The van der Waals surface area contributed by atoms with Gasteiger partial charge in [-0.25, -0.2) is 4.39 Å². The van der Waals surface area contributed by atoms with Gasteiger partial charge in [0.15, 0.2) is 23.1 Å². The molecule has 4 rings (SSSR count). The summed E-state index contributed by atoms with van der Waals surface area (Å²) in [4.78, 5) is 2.60. The molecular formula is C23H29FN2O3. The molecule has 0 spiro atoms. The molecule has 29 heavy (non-hydrogen) atoms. The molecule has 3 atom stereocenters. The lowest BCUT2D eigenvalue weighted by Crippen LogP contribution is -2.55. The molecule has 0 radical (unpaired) electrons. The Labute approximate surface area is 171 Å². The van der Waals surface area contributed by atoms with Gasteiger partial charge >= 0.3 is 0 Å². The van der Waals surface area contributed by atoms with Crippen molar-refractivity contribution in [2.24, 2.45) is 0 Å². The van der Waals surface area contributed by atoms with Crippen LogP contribution in [0, 0.1) is 5.82 Å². The molecule has 5 nitrogen and oxygen atoms in total. The van der Waals surface area contributed by atoms with Crippen LogP contribution in [-0.4, -0.2) is 45.4 Å². The highest BCUT2D eigenvalue weighted by Gasteiger charge is 2.39. The molecule has 0 aromatic heterocycles. The van der Waals surface area contributed by atoms with Gasteiger partial charge in [-0.05, 0) is 54.7 Å². The zero-order chi connectivity index (χ0) is 20.4. The minimum absolute atomic E-state index is 0.154. The summed E-state index contributed by atoms with van der Waals surface area (Å²) >= 11 is 0. The number of rotatable bonds is 5. The maximum atomic E-state index is 13.9. The van der Waals surface area contributed by atoms with Crippen molar-refractivity contribution in [1.29, 1.82) is 0 Å². The van der Waals surface area contributed by atoms with Crippen LogP contribution in [0.1, 0.15) is 42.5 Å². The van der Waals surface area contributed by atoms with Crippen molar-refractivity contribution >= 4 is 0 Å². The molecule has 0 amide bonds. The Morgan fingerprint density at radius 1 is 0.897 bits per heavy atom. The fourth-order valence-electron chi connectivity index (χ4n) is 4.88. The summed E-state index contributed by atoms with van der Waals surface area (Å²) in [6.07, 6.45) is 3.38. The smallest absolute Gasteiger partial charge is 0.165 e. The van der Waals surface area contributed by atoms with E-state index in [1.165, 1.54) is 18.7 Å². The van der Waals surface area contributed by atoms with Crippen LogP contribution in [0.15, 0.2) is 36.4 Å². The van der Waals surface area contributed by atoms with E-state index < -0.39 is 0 Å². The number of ether oxygens (including phenoxy) is 3. The topological polar surface area (TPSA) is 43.0 Å². The number of hydrogen-bond donors (Lipinski definition) is 1. The Hall–Kier alpha value is -2.31. The minimum atomic E-state index is -0.323. The lowest BCUT2D eigenvalue weighted by atomic mass is 9.83. The molecule has 6 heteroatoms. The van der Waals surface area contributed by atoms with Crippen LogP contribution < -0.4 is 19.5 Å². The van der Waals surface area contributed by atoms with Crippen LogP contribution in [0.2, 0.25) is 0 Å². The summed E-state index contributed by atoms with van der Waals surface area (Å²) < 4.78 is 30.0. The van der Waals surface area contributed by atoms with Gasteiger partial charge < -0.3 is 19.5 Å². The first-order valence-electron chi connectivity index (χ1n) is 10.2. The van der Waals surface area contributed by atoms with Gasteiger partial charge in [-0.2, -0.15) is 0 Å². The van der Waals surface area contributed by atoms with Gasteiger partial charge in [0.2, 0.25) is 0 Å². The standard InChI is InChI=1S/C23H29FN2O3/c1-27-20-10-8-15(13-22(20)29-3)18-5-4-6-19-23(25-11-12-26(18)19)16-7-9-17(24)21(14-16)28-2/h7-10,13-14,18-19,23,25H,4-6,11-12H2,1-3H3. The number of piperazine rings is 1. The predicted molar refractivity (Wildman–Crippen MR) is 110 cm³/mol. The molecule has 2 aromatic rings. The predicted octanol–water partition coefficient (Wildman–Crippen LogP) is 4.09. The molecule has 2 aliphatic rings. The lowest BCUT2D eigenvalue weighted by molar-refractivity contribution is 0.0322. The van der Waals surface area contributed by atoms with E-state index in [0.717, 1.165) is 49.4 Å². The van der Waals surface area contributed by atoms with Crippen LogP contribution in [0.25, 0.3) is 0 Å². The maximum Gasteiger partial charge on any atom is 0.165 e. The van der Waals surface area contributed by atoms with Gasteiger partial charge in [0.05, 0.1) is 21.3 Å². The Balaban J connectivity index is 1.63. The van der Waals surface area contributed by atoms with E-state index in [-0.39, 0.29) is 11.9 Å². The van der Waals surface area contributed by atoms with E-state index >= 15 is 0 Å². The van der Waals surface area contributed by atoms with E-state index in [0.29, 0.717) is 17.8 Å². The molecule has 2 saturated heterocycles. The quantitative estimate of drug-likeness (QED) is 0.819. The van der Waals surface area contributed by atoms with Crippen molar-refractivity contribution in [2.45, 2.75) is 37.4 Å². The highest BCUT2D eigenvalue weighted by molar-refractivity contribution is 5.44. The van der Waals surface area contributed by atoms with Gasteiger partial charge in [0, 0.05) is 31.2 Å². The van der Waals surface area contributed by atoms with Crippen molar-refractivity contribution in [3.8, 4) is 17.2 Å². The van der Waals surface area contributed by atoms with Crippen molar-refractivity contribution in [2.75, 3.05) is 34.4 Å². The molecule has 1 N–H and O–H groups in total. The van der Waals surface area contributed by atoms with Gasteiger partial charge in [-0.3, -0.25) is 4.90 Å². The highest BCUT2D eigenvalue weighted by Crippen LogP contribution is 2.42. The zero-order valence-electron chi connectivity index (χ0n) is 17.3. The molecule has 0 bridgehead atoms. The molecule has 0 aliphatic carbocycles. The van der Waals surface area contributed by atoms with E-state index in [4.69, 9.17) is 14.2 Å². The molecule has 2 fully saturated rings. The molecular weight excluding hydrogens is 371 g/mol. The van der Waals surface area contributed by atoms with Crippen LogP contribution in [0.4, 0.5) is 4.39 Å². The molecule has 2 aromatic carbocycles. The summed E-state index contributed by atoms with van der Waals surface area (Å²) in [5.41, 5.74) is 2.33. The fourth-order valence-corrected chi connectivity index (χ4v) is 4.88. The molecule has 3 unspecified atom stereocenters. The summed E-state index contributed by atoms with van der Waals surface area (Å²) in [7, 11) is 4.84. The zero-order valence-corrected chi connectivity index (χ0v) is 17.3. The van der Waals surface area contributed by atoms with Gasteiger partial charge in [-0.1, -0.05) is 12.1 Å². The van der Waals surface area contributed by atoms with Crippen molar-refractivity contribution in [1.82, 2.24) is 10.2 Å². The van der Waals surface area contributed by atoms with E-state index in [1.54, 1.807) is 14.2 Å². The lowest BCUT2D eigenvalue weighted by Gasteiger charge is -2.49. The first-order chi connectivity index (χ1) is 14.2. The first-order valence-corrected chi connectivity index (χ1v) is 10.2. The number of nitrogens with zero attached hydrogens (tertiary/aromatic N) is 1. The van der Waals surface area contributed by atoms with Crippen LogP contribution >= 0.6 is 0 Å². The van der Waals surface area contributed by atoms with E-state index in [2.05, 4.69) is 22.3 Å². The molecule has 2 heterocycles. The summed E-state index contributed by atoms with van der Waals surface area (Å²) in [5, 5.41) is 3.65. The number of nitrogens with one attached hydrogen (secondary N) is 1. The van der Waals surface area contributed by atoms with E-state index in [1.807, 2.05) is 18.2 Å². The number of piperidine rings is 1. The van der Waals surface area contributed by atoms with Gasteiger partial charge in [0.1, 0.15) is 0 Å². The Bertz CT molecular complexity index is 860. The SMILES string of the molecule is COc1cc(C2NCCN3C(c4ccc(OC)c(OC)c4)CCCC23)ccc1F. The molecule has 0 saturated carbocycles. The van der Waals surface area contributed by atoms with Crippen molar-refractivity contribution in [3.05, 3.63) is 53.3 Å². The van der Waals surface area contributed by atoms with Crippen LogP contribution in [0.3, 0.4) is 0 Å². The number of fused-ring (bicyclic) bond motifs is 1. The average Bonchev–Trinajstić information content (AvgIpc) is 2.78. The maximum absolute atomic E-state index is 13.9. The normalized spacial score (nSPS) is 24.6. The van der Waals surface area contributed by atoms with Crippen LogP contribution in [-0.2, 0) is 0 Å². The third kappa shape index (κ3) is 3.79. The Morgan fingerprint density at radius 3 is 2.38 bits per heavy atom. The molecule has 156 valence electrons.